The van der Waals surface area contributed by atoms with Crippen molar-refractivity contribution in [3.8, 4) is 0 Å². The predicted octanol–water partition coefficient (Wildman–Crippen LogP) is 6.74. The second kappa shape index (κ2) is 14.7. The summed E-state index contributed by atoms with van der Waals surface area (Å²) in [5.41, 5.74) is 11.9. The highest BCUT2D eigenvalue weighted by molar-refractivity contribution is 9.11. The first-order valence-corrected chi connectivity index (χ1v) is 18.9. The van der Waals surface area contributed by atoms with Crippen molar-refractivity contribution in [3.63, 3.8) is 0 Å². The van der Waals surface area contributed by atoms with Gasteiger partial charge in [0.05, 0.1) is 22.8 Å². The first kappa shape index (κ1) is 34.5. The molecule has 3 aliphatic heterocycles. The Morgan fingerprint density at radius 2 is 1.70 bits per heavy atom. The zero-order valence-corrected chi connectivity index (χ0v) is 31.2. The van der Waals surface area contributed by atoms with Gasteiger partial charge >= 0.3 is 12.1 Å². The van der Waals surface area contributed by atoms with E-state index in [4.69, 9.17) is 10.7 Å². The molecule has 0 aliphatic carbocycles. The van der Waals surface area contributed by atoms with Crippen molar-refractivity contribution >= 4 is 72.1 Å². The molecule has 5 N–H and O–H groups in total. The molecule has 4 amide bonds. The lowest BCUT2D eigenvalue weighted by Gasteiger charge is -2.38. The molecular formula is C37H42Br2N8O3. The number of carbonyl (C=O) groups excluding carboxylic acids is 3. The van der Waals surface area contributed by atoms with Crippen LogP contribution in [0, 0.1) is 5.92 Å². The number of halogens is 2. The van der Waals surface area contributed by atoms with E-state index < -0.39 is 6.04 Å². The topological polar surface area (TPSA) is 140 Å². The Balaban J connectivity index is 1.07. The summed E-state index contributed by atoms with van der Waals surface area (Å²) >= 11 is 7.11. The van der Waals surface area contributed by atoms with Gasteiger partial charge in [-0.25, -0.2) is 14.6 Å². The number of amides is 4. The van der Waals surface area contributed by atoms with Crippen LogP contribution in [0.5, 0.6) is 0 Å². The lowest BCUT2D eigenvalue weighted by molar-refractivity contribution is 0.0857. The fraction of sp³-hybridized carbons (Fsp3) is 0.405. The monoisotopic (exact) mass is 804 g/mol. The number of aromatic nitrogens is 2. The predicted molar refractivity (Wildman–Crippen MR) is 202 cm³/mol. The largest absolute Gasteiger partial charge is 0.397 e. The molecule has 50 heavy (non-hydrogen) atoms. The molecule has 0 unspecified atom stereocenters. The molecule has 0 saturated carbocycles. The number of nitrogens with one attached hydrogen (secondary N) is 3. The average Bonchev–Trinajstić information content (AvgIpc) is 3.47. The summed E-state index contributed by atoms with van der Waals surface area (Å²) in [6, 6.07) is 16.8. The van der Waals surface area contributed by atoms with Gasteiger partial charge in [0, 0.05) is 58.2 Å². The fourth-order valence-corrected chi connectivity index (χ4v) is 8.70. The van der Waals surface area contributed by atoms with Gasteiger partial charge in [-0.1, -0.05) is 18.2 Å². The van der Waals surface area contributed by atoms with E-state index in [0.29, 0.717) is 56.0 Å². The number of likely N-dealkylation sites (tertiary alicyclic amines) is 2. The van der Waals surface area contributed by atoms with Crippen LogP contribution in [0.2, 0.25) is 0 Å². The van der Waals surface area contributed by atoms with Crippen LogP contribution < -0.4 is 16.4 Å². The Bertz CT molecular complexity index is 1890. The summed E-state index contributed by atoms with van der Waals surface area (Å²) in [6.07, 6.45) is 4.35. The number of aromatic amines is 1. The lowest BCUT2D eigenvalue weighted by atomic mass is 9.89. The van der Waals surface area contributed by atoms with Gasteiger partial charge in [0.2, 0.25) is 0 Å². The Kier molecular flexibility index (Phi) is 10.2. The zero-order chi connectivity index (χ0) is 34.9. The maximum atomic E-state index is 13.9. The molecule has 2 fully saturated rings. The van der Waals surface area contributed by atoms with Crippen LogP contribution in [0.4, 0.5) is 21.0 Å². The van der Waals surface area contributed by atoms with Crippen molar-refractivity contribution in [3.05, 3.63) is 86.1 Å². The Morgan fingerprint density at radius 1 is 0.980 bits per heavy atom. The number of para-hydroxylation sites is 1. The molecule has 1 aromatic heterocycles. The molecule has 11 nitrogen and oxygen atoms in total. The molecule has 7 rings (SSSR count). The highest BCUT2D eigenvalue weighted by Gasteiger charge is 2.33. The van der Waals surface area contributed by atoms with Crippen LogP contribution in [0.1, 0.15) is 59.0 Å². The number of carbonyl (C=O) groups is 3. The lowest BCUT2D eigenvalue weighted by Crippen LogP contribution is -2.52. The van der Waals surface area contributed by atoms with Gasteiger partial charge in [-0.15, -0.1) is 0 Å². The van der Waals surface area contributed by atoms with E-state index in [9.17, 15) is 14.4 Å². The zero-order valence-electron chi connectivity index (χ0n) is 28.1. The molecule has 0 spiro atoms. The minimum Gasteiger partial charge on any atom is -0.397 e. The number of H-pyrrole nitrogens is 1. The molecule has 262 valence electrons. The summed E-state index contributed by atoms with van der Waals surface area (Å²) in [7, 11) is 2.09. The van der Waals surface area contributed by atoms with E-state index in [0.717, 1.165) is 69.1 Å². The number of imidazole rings is 1. The first-order chi connectivity index (χ1) is 24.1. The minimum absolute atomic E-state index is 0.0228. The molecule has 3 aromatic carbocycles. The minimum atomic E-state index is -0.488. The van der Waals surface area contributed by atoms with Crippen LogP contribution in [0.3, 0.4) is 0 Å². The normalized spacial score (nSPS) is 18.4. The SMILES string of the molecule is CN1CCC(C(=O)c2ccc3nc([C@@H](Cc4cc(Br)c(N)c(Br)c4)NC(=O)N4CCC(N5CCc6ccccc6NC5=O)CC4)[nH]c3c2)CC1. The number of benzene rings is 3. The van der Waals surface area contributed by atoms with Crippen LogP contribution in [0.25, 0.3) is 11.0 Å². The molecular weight excluding hydrogens is 764 g/mol. The van der Waals surface area contributed by atoms with Crippen LogP contribution >= 0.6 is 31.9 Å². The number of nitrogen functional groups attached to an aromatic ring is 1. The maximum absolute atomic E-state index is 13.9. The van der Waals surface area contributed by atoms with Crippen LogP contribution in [0.15, 0.2) is 63.5 Å². The van der Waals surface area contributed by atoms with Crippen molar-refractivity contribution < 1.29 is 14.4 Å². The number of fused-ring (bicyclic) bond motifs is 2. The smallest absolute Gasteiger partial charge is 0.322 e. The second-order valence-corrected chi connectivity index (χ2v) is 15.4. The third-order valence-electron chi connectivity index (χ3n) is 10.4. The molecule has 0 bridgehead atoms. The number of nitrogens with two attached hydrogens (primary N) is 1. The number of Topliss-reactive ketones (excluding diaryl/α,β-unsaturated/α-hetero) is 1. The third-order valence-corrected chi connectivity index (χ3v) is 11.7. The summed E-state index contributed by atoms with van der Waals surface area (Å²) in [5, 5.41) is 6.32. The van der Waals surface area contributed by atoms with Crippen LogP contribution in [-0.4, -0.2) is 88.3 Å². The van der Waals surface area contributed by atoms with E-state index in [2.05, 4.69) is 65.5 Å². The van der Waals surface area contributed by atoms with Gasteiger partial charge in [-0.2, -0.15) is 0 Å². The van der Waals surface area contributed by atoms with Crippen molar-refractivity contribution in [1.29, 1.82) is 0 Å². The van der Waals surface area contributed by atoms with Crippen molar-refractivity contribution in [2.75, 3.05) is 50.8 Å². The van der Waals surface area contributed by atoms with Crippen molar-refractivity contribution in [2.24, 2.45) is 5.92 Å². The second-order valence-electron chi connectivity index (χ2n) is 13.7. The Hall–Kier alpha value is -3.94. The van der Waals surface area contributed by atoms with E-state index in [1.165, 1.54) is 0 Å². The Morgan fingerprint density at radius 3 is 2.44 bits per heavy atom. The molecule has 0 radical (unpaired) electrons. The molecule has 4 heterocycles. The number of nitrogens with zero attached hydrogens (tertiary/aromatic N) is 4. The standard InChI is InChI=1S/C37H42Br2N8O3/c1-45-13-8-24(9-14-45)34(48)25-6-7-30-31(21-25)42-35(41-30)32(20-22-18-27(38)33(40)28(39)19-22)44-36(49)46-15-11-26(12-16-46)47-17-10-23-4-2-3-5-29(23)43-37(47)50/h2-7,18-19,21,24,26,32H,8-17,20,40H2,1H3,(H,41,42)(H,43,50)(H,44,49)/t32-/m1/s1. The van der Waals surface area contributed by atoms with Gasteiger partial charge in [0.25, 0.3) is 0 Å². The number of anilines is 2. The van der Waals surface area contributed by atoms with E-state index in [1.54, 1.807) is 0 Å². The van der Waals surface area contributed by atoms with E-state index in [1.807, 2.05) is 58.3 Å². The van der Waals surface area contributed by atoms with Crippen LogP contribution in [-0.2, 0) is 12.8 Å². The summed E-state index contributed by atoms with van der Waals surface area (Å²) < 4.78 is 1.52. The van der Waals surface area contributed by atoms with Gasteiger partial charge in [0.1, 0.15) is 5.82 Å². The molecule has 4 aromatic rings. The number of urea groups is 2. The molecule has 3 aliphatic rings. The number of hydrogen-bond acceptors (Lipinski definition) is 6. The molecule has 1 atom stereocenters. The van der Waals surface area contributed by atoms with Gasteiger partial charge in [-0.05, 0) is 132 Å². The summed E-state index contributed by atoms with van der Waals surface area (Å²) in [6.45, 7) is 3.55. The number of piperidine rings is 2. The quantitative estimate of drug-likeness (QED) is 0.121. The maximum Gasteiger partial charge on any atom is 0.322 e. The summed E-state index contributed by atoms with van der Waals surface area (Å²) in [5.74, 6) is 0.801. The number of rotatable bonds is 7. The number of hydrogen-bond donors (Lipinski definition) is 4. The van der Waals surface area contributed by atoms with E-state index in [-0.39, 0.29) is 29.8 Å². The fourth-order valence-electron chi connectivity index (χ4n) is 7.42. The Labute approximate surface area is 308 Å². The molecule has 2 saturated heterocycles. The van der Waals surface area contributed by atoms with Crippen molar-refractivity contribution in [2.45, 2.75) is 50.6 Å². The highest BCUT2D eigenvalue weighted by Crippen LogP contribution is 2.32. The van der Waals surface area contributed by atoms with Gasteiger partial charge in [-0.3, -0.25) is 4.79 Å². The third kappa shape index (κ3) is 7.40. The summed E-state index contributed by atoms with van der Waals surface area (Å²) in [4.78, 5) is 54.7. The van der Waals surface area contributed by atoms with Gasteiger partial charge in [0.15, 0.2) is 5.78 Å². The highest BCUT2D eigenvalue weighted by atomic mass is 79.9. The van der Waals surface area contributed by atoms with Crippen molar-refractivity contribution in [1.82, 2.24) is 30.0 Å². The molecule has 13 heteroatoms. The average molecular weight is 807 g/mol. The van der Waals surface area contributed by atoms with E-state index >= 15 is 0 Å². The van der Waals surface area contributed by atoms with Gasteiger partial charge < -0.3 is 36.1 Å². The first-order valence-electron chi connectivity index (χ1n) is 17.3. The number of ketones is 1.